The summed E-state index contributed by atoms with van der Waals surface area (Å²) in [6, 6.07) is 12.6. The van der Waals surface area contributed by atoms with Crippen molar-refractivity contribution >= 4 is 10.8 Å². The second-order valence-electron chi connectivity index (χ2n) is 5.11. The van der Waals surface area contributed by atoms with Crippen molar-refractivity contribution in [3.63, 3.8) is 0 Å². The van der Waals surface area contributed by atoms with Crippen LogP contribution in [0, 0.1) is 0 Å². The van der Waals surface area contributed by atoms with Crippen LogP contribution in [0.3, 0.4) is 0 Å². The molecule has 0 saturated heterocycles. The lowest BCUT2D eigenvalue weighted by Gasteiger charge is -2.21. The number of hydrogen-bond donors (Lipinski definition) is 0. The Bertz CT molecular complexity index is 506. The summed E-state index contributed by atoms with van der Waals surface area (Å²) in [5, 5.41) is 2.48. The summed E-state index contributed by atoms with van der Waals surface area (Å²) in [5.74, 6) is 0.948. The van der Waals surface area contributed by atoms with Crippen molar-refractivity contribution in [2.24, 2.45) is 0 Å². The second kappa shape index (κ2) is 3.82. The maximum Gasteiger partial charge on any atom is 0.126 e. The normalized spacial score (nSPS) is 11.8. The quantitative estimate of drug-likeness (QED) is 0.693. The fourth-order valence-corrected chi connectivity index (χ4v) is 2.11. The van der Waals surface area contributed by atoms with Crippen LogP contribution >= 0.6 is 0 Å². The number of ether oxygens (including phenoxy) is 1. The summed E-state index contributed by atoms with van der Waals surface area (Å²) in [6.07, 6.45) is 0. The first-order valence-electron chi connectivity index (χ1n) is 5.60. The summed E-state index contributed by atoms with van der Waals surface area (Å²) in [5.41, 5.74) is 1.52. The Morgan fingerprint density at radius 2 is 1.50 bits per heavy atom. The van der Waals surface area contributed by atoms with Crippen LogP contribution in [0.4, 0.5) is 0 Å². The molecule has 2 aromatic carbocycles. The van der Waals surface area contributed by atoms with E-state index < -0.39 is 0 Å². The van der Waals surface area contributed by atoms with Crippen LogP contribution in [-0.2, 0) is 5.41 Å². The van der Waals surface area contributed by atoms with Crippen LogP contribution < -0.4 is 4.74 Å². The Balaban J connectivity index is 2.79. The molecule has 0 fully saturated rings. The van der Waals surface area contributed by atoms with Crippen LogP contribution in [0.25, 0.3) is 10.8 Å². The van der Waals surface area contributed by atoms with E-state index in [1.54, 1.807) is 7.11 Å². The van der Waals surface area contributed by atoms with Crippen molar-refractivity contribution < 1.29 is 4.74 Å². The van der Waals surface area contributed by atoms with Crippen LogP contribution in [0.1, 0.15) is 26.3 Å². The number of methoxy groups -OCH3 is 1. The van der Waals surface area contributed by atoms with Crippen molar-refractivity contribution in [1.29, 1.82) is 0 Å². The van der Waals surface area contributed by atoms with E-state index in [9.17, 15) is 0 Å². The maximum atomic E-state index is 5.40. The van der Waals surface area contributed by atoms with Gasteiger partial charge in [-0.1, -0.05) is 51.1 Å². The number of hydrogen-bond acceptors (Lipinski definition) is 1. The van der Waals surface area contributed by atoms with E-state index in [1.165, 1.54) is 16.3 Å². The fourth-order valence-electron chi connectivity index (χ4n) is 2.11. The van der Waals surface area contributed by atoms with Crippen molar-refractivity contribution in [3.05, 3.63) is 42.0 Å². The van der Waals surface area contributed by atoms with Crippen molar-refractivity contribution in [1.82, 2.24) is 0 Å². The summed E-state index contributed by atoms with van der Waals surface area (Å²) in [7, 11) is 1.72. The first-order valence-corrected chi connectivity index (χ1v) is 5.60. The molecule has 1 nitrogen and oxygen atoms in total. The molecule has 16 heavy (non-hydrogen) atoms. The van der Waals surface area contributed by atoms with Gasteiger partial charge in [0.05, 0.1) is 7.11 Å². The molecule has 0 spiro atoms. The molecule has 1 heteroatoms. The topological polar surface area (TPSA) is 9.23 Å². The van der Waals surface area contributed by atoms with Crippen LogP contribution in [0.2, 0.25) is 0 Å². The van der Waals surface area contributed by atoms with Gasteiger partial charge < -0.3 is 4.74 Å². The maximum absolute atomic E-state index is 5.40. The SMILES string of the molecule is COc1cccc2c(C(C)(C)C)cccc12. The minimum absolute atomic E-state index is 0.159. The van der Waals surface area contributed by atoms with Gasteiger partial charge in [-0.05, 0) is 22.4 Å². The summed E-state index contributed by atoms with van der Waals surface area (Å²) in [4.78, 5) is 0. The molecular formula is C15H18O. The Morgan fingerprint density at radius 1 is 0.875 bits per heavy atom. The molecule has 0 unspecified atom stereocenters. The first-order chi connectivity index (χ1) is 7.54. The van der Waals surface area contributed by atoms with Gasteiger partial charge in [0.2, 0.25) is 0 Å². The molecule has 0 aliphatic heterocycles. The zero-order valence-electron chi connectivity index (χ0n) is 10.4. The molecule has 84 valence electrons. The molecular weight excluding hydrogens is 196 g/mol. The van der Waals surface area contributed by atoms with E-state index in [1.807, 2.05) is 6.07 Å². The molecule has 0 saturated carbocycles. The summed E-state index contributed by atoms with van der Waals surface area (Å²) in [6.45, 7) is 6.71. The van der Waals surface area contributed by atoms with Gasteiger partial charge in [0.1, 0.15) is 5.75 Å². The van der Waals surface area contributed by atoms with E-state index in [0.29, 0.717) is 0 Å². The zero-order valence-corrected chi connectivity index (χ0v) is 10.4. The van der Waals surface area contributed by atoms with Crippen LogP contribution in [0.5, 0.6) is 5.75 Å². The monoisotopic (exact) mass is 214 g/mol. The smallest absolute Gasteiger partial charge is 0.126 e. The van der Waals surface area contributed by atoms with E-state index in [2.05, 4.69) is 51.1 Å². The second-order valence-corrected chi connectivity index (χ2v) is 5.11. The van der Waals surface area contributed by atoms with Gasteiger partial charge in [-0.3, -0.25) is 0 Å². The molecule has 0 aliphatic carbocycles. The lowest BCUT2D eigenvalue weighted by atomic mass is 9.83. The molecule has 0 aromatic heterocycles. The molecule has 2 rings (SSSR count). The Kier molecular flexibility index (Phi) is 2.63. The van der Waals surface area contributed by atoms with E-state index >= 15 is 0 Å². The summed E-state index contributed by atoms with van der Waals surface area (Å²) < 4.78 is 5.40. The minimum atomic E-state index is 0.159. The van der Waals surface area contributed by atoms with Crippen LogP contribution in [0.15, 0.2) is 36.4 Å². The highest BCUT2D eigenvalue weighted by molar-refractivity contribution is 5.91. The molecule has 0 radical (unpaired) electrons. The van der Waals surface area contributed by atoms with Gasteiger partial charge in [-0.15, -0.1) is 0 Å². The lowest BCUT2D eigenvalue weighted by molar-refractivity contribution is 0.420. The van der Waals surface area contributed by atoms with E-state index in [-0.39, 0.29) is 5.41 Å². The van der Waals surface area contributed by atoms with E-state index in [4.69, 9.17) is 4.74 Å². The number of benzene rings is 2. The highest BCUT2D eigenvalue weighted by Gasteiger charge is 2.17. The van der Waals surface area contributed by atoms with Gasteiger partial charge >= 0.3 is 0 Å². The van der Waals surface area contributed by atoms with Gasteiger partial charge in [0.25, 0.3) is 0 Å². The highest BCUT2D eigenvalue weighted by atomic mass is 16.5. The molecule has 2 aromatic rings. The third-order valence-electron chi connectivity index (χ3n) is 2.91. The highest BCUT2D eigenvalue weighted by Crippen LogP contribution is 2.33. The first kappa shape index (κ1) is 11.0. The fraction of sp³-hybridized carbons (Fsp3) is 0.333. The van der Waals surface area contributed by atoms with Gasteiger partial charge in [-0.2, -0.15) is 0 Å². The Morgan fingerprint density at radius 3 is 2.12 bits per heavy atom. The Labute approximate surface area is 97.1 Å². The number of rotatable bonds is 1. The Hall–Kier alpha value is -1.50. The third kappa shape index (κ3) is 1.78. The zero-order chi connectivity index (χ0) is 11.8. The summed E-state index contributed by atoms with van der Waals surface area (Å²) >= 11 is 0. The van der Waals surface area contributed by atoms with Crippen molar-refractivity contribution in [3.8, 4) is 5.75 Å². The molecule has 0 aliphatic rings. The van der Waals surface area contributed by atoms with Crippen molar-refractivity contribution in [2.75, 3.05) is 7.11 Å². The standard InChI is InChI=1S/C15H18O/c1-15(2,3)13-9-5-8-12-11(13)7-6-10-14(12)16-4/h5-10H,1-4H3. The number of fused-ring (bicyclic) bond motifs is 1. The van der Waals surface area contributed by atoms with Gasteiger partial charge in [-0.25, -0.2) is 0 Å². The molecule has 0 amide bonds. The average molecular weight is 214 g/mol. The van der Waals surface area contributed by atoms with Crippen molar-refractivity contribution in [2.45, 2.75) is 26.2 Å². The predicted octanol–water partition coefficient (Wildman–Crippen LogP) is 4.15. The lowest BCUT2D eigenvalue weighted by Crippen LogP contribution is -2.11. The van der Waals surface area contributed by atoms with Gasteiger partial charge in [0.15, 0.2) is 0 Å². The van der Waals surface area contributed by atoms with Crippen LogP contribution in [-0.4, -0.2) is 7.11 Å². The van der Waals surface area contributed by atoms with E-state index in [0.717, 1.165) is 5.75 Å². The minimum Gasteiger partial charge on any atom is -0.496 e. The molecule has 0 heterocycles. The molecule has 0 atom stereocenters. The molecule has 0 bridgehead atoms. The predicted molar refractivity (Wildman–Crippen MR) is 69.2 cm³/mol. The third-order valence-corrected chi connectivity index (χ3v) is 2.91. The molecule has 0 N–H and O–H groups in total. The van der Waals surface area contributed by atoms with Gasteiger partial charge in [0, 0.05) is 5.39 Å². The largest absolute Gasteiger partial charge is 0.496 e. The average Bonchev–Trinajstić information content (AvgIpc) is 2.26.